The summed E-state index contributed by atoms with van der Waals surface area (Å²) < 4.78 is 10.7. The Hall–Kier alpha value is -0.450. The van der Waals surface area contributed by atoms with Gasteiger partial charge >= 0.3 is 0 Å². The van der Waals surface area contributed by atoms with E-state index in [9.17, 15) is 4.79 Å². The van der Waals surface area contributed by atoms with Gasteiger partial charge in [-0.25, -0.2) is 0 Å². The van der Waals surface area contributed by atoms with Gasteiger partial charge in [-0.15, -0.1) is 0 Å². The van der Waals surface area contributed by atoms with Crippen molar-refractivity contribution < 1.29 is 14.3 Å². The summed E-state index contributed by atoms with van der Waals surface area (Å²) in [4.78, 5) is 11.2. The van der Waals surface area contributed by atoms with Crippen molar-refractivity contribution in [2.45, 2.75) is 32.8 Å². The van der Waals surface area contributed by atoms with Gasteiger partial charge in [0, 0.05) is 26.2 Å². The van der Waals surface area contributed by atoms with Crippen LogP contribution in [0.1, 0.15) is 26.7 Å². The molecule has 0 aliphatic carbocycles. The predicted molar refractivity (Wildman–Crippen MR) is 60.1 cm³/mol. The van der Waals surface area contributed by atoms with Crippen LogP contribution in [0.3, 0.4) is 0 Å². The zero-order chi connectivity index (χ0) is 11.5. The van der Waals surface area contributed by atoms with Crippen LogP contribution in [0.4, 0.5) is 0 Å². The summed E-state index contributed by atoms with van der Waals surface area (Å²) in [6.07, 6.45) is 1.11. The molecule has 4 heteroatoms. The third-order valence-corrected chi connectivity index (χ3v) is 2.10. The zero-order valence-corrected chi connectivity index (χ0v) is 10.0. The average Bonchev–Trinajstić information content (AvgIpc) is 2.26. The summed E-state index contributed by atoms with van der Waals surface area (Å²) in [6, 6.07) is 0. The third-order valence-electron chi connectivity index (χ3n) is 2.10. The Morgan fingerprint density at radius 1 is 1.33 bits per heavy atom. The van der Waals surface area contributed by atoms with Crippen molar-refractivity contribution in [3.63, 3.8) is 0 Å². The molecule has 1 N–H and O–H groups in total. The molecule has 0 aromatic heterocycles. The molecule has 0 heterocycles. The molecule has 0 radical (unpaired) electrons. The standard InChI is InChI=1S/C11H23NO3/c1-4-11(13)10(2)15-8-5-7-14-9-6-12-3/h10,12H,4-9H2,1-3H3/t10-/m1/s1. The van der Waals surface area contributed by atoms with Gasteiger partial charge in [0.05, 0.1) is 6.61 Å². The molecule has 15 heavy (non-hydrogen) atoms. The van der Waals surface area contributed by atoms with Crippen molar-refractivity contribution in [3.05, 3.63) is 0 Å². The molecule has 0 aromatic carbocycles. The normalized spacial score (nSPS) is 12.7. The van der Waals surface area contributed by atoms with Crippen molar-refractivity contribution in [3.8, 4) is 0 Å². The van der Waals surface area contributed by atoms with Gasteiger partial charge in [-0.3, -0.25) is 4.79 Å². The van der Waals surface area contributed by atoms with Crippen LogP contribution in [0.15, 0.2) is 0 Å². The van der Waals surface area contributed by atoms with Gasteiger partial charge in [0.1, 0.15) is 6.10 Å². The Balaban J connectivity index is 3.20. The molecule has 0 bridgehead atoms. The molecule has 0 spiro atoms. The van der Waals surface area contributed by atoms with Crippen LogP contribution in [0.25, 0.3) is 0 Å². The molecule has 0 fully saturated rings. The van der Waals surface area contributed by atoms with E-state index in [4.69, 9.17) is 9.47 Å². The molecule has 0 rings (SSSR count). The number of Topliss-reactive ketones (excluding diaryl/α,β-unsaturated/α-hetero) is 1. The molecule has 0 aliphatic heterocycles. The largest absolute Gasteiger partial charge is 0.380 e. The summed E-state index contributed by atoms with van der Waals surface area (Å²) in [5.74, 6) is 0.158. The topological polar surface area (TPSA) is 47.6 Å². The minimum atomic E-state index is -0.271. The van der Waals surface area contributed by atoms with Gasteiger partial charge in [-0.2, -0.15) is 0 Å². The molecule has 0 unspecified atom stereocenters. The van der Waals surface area contributed by atoms with Gasteiger partial charge in [0.2, 0.25) is 0 Å². The summed E-state index contributed by atoms with van der Waals surface area (Å²) in [5.41, 5.74) is 0. The summed E-state index contributed by atoms with van der Waals surface area (Å²) >= 11 is 0. The average molecular weight is 217 g/mol. The number of hydrogen-bond donors (Lipinski definition) is 1. The Bertz CT molecular complexity index is 162. The molecule has 0 aliphatic rings. The number of carbonyl (C=O) groups excluding carboxylic acids is 1. The number of ether oxygens (including phenoxy) is 2. The highest BCUT2D eigenvalue weighted by molar-refractivity contribution is 5.82. The van der Waals surface area contributed by atoms with Crippen LogP contribution >= 0.6 is 0 Å². The van der Waals surface area contributed by atoms with Crippen molar-refractivity contribution in [2.24, 2.45) is 0 Å². The highest BCUT2D eigenvalue weighted by Crippen LogP contribution is 1.97. The van der Waals surface area contributed by atoms with E-state index >= 15 is 0 Å². The monoisotopic (exact) mass is 217 g/mol. The second-order valence-electron chi connectivity index (χ2n) is 3.40. The van der Waals surface area contributed by atoms with E-state index in [2.05, 4.69) is 5.32 Å². The van der Waals surface area contributed by atoms with Gasteiger partial charge in [-0.05, 0) is 20.4 Å². The summed E-state index contributed by atoms with van der Waals surface area (Å²) in [7, 11) is 1.89. The van der Waals surface area contributed by atoms with Crippen LogP contribution < -0.4 is 5.32 Å². The van der Waals surface area contributed by atoms with Gasteiger partial charge in [0.15, 0.2) is 5.78 Å². The van der Waals surface area contributed by atoms with E-state index < -0.39 is 0 Å². The van der Waals surface area contributed by atoms with Crippen molar-refractivity contribution in [2.75, 3.05) is 33.4 Å². The number of hydrogen-bond acceptors (Lipinski definition) is 4. The Kier molecular flexibility index (Phi) is 9.78. The lowest BCUT2D eigenvalue weighted by Crippen LogP contribution is -2.21. The first-order chi connectivity index (χ1) is 7.22. The maximum Gasteiger partial charge on any atom is 0.160 e. The minimum absolute atomic E-state index is 0.158. The smallest absolute Gasteiger partial charge is 0.160 e. The van der Waals surface area contributed by atoms with Crippen LogP contribution in [0.2, 0.25) is 0 Å². The first-order valence-corrected chi connectivity index (χ1v) is 5.59. The molecular formula is C11H23NO3. The van der Waals surface area contributed by atoms with Gasteiger partial charge < -0.3 is 14.8 Å². The lowest BCUT2D eigenvalue weighted by molar-refractivity contribution is -0.129. The Morgan fingerprint density at radius 2 is 2.07 bits per heavy atom. The molecule has 4 nitrogen and oxygen atoms in total. The molecular weight excluding hydrogens is 194 g/mol. The lowest BCUT2D eigenvalue weighted by Gasteiger charge is -2.10. The molecule has 0 amide bonds. The van der Waals surface area contributed by atoms with Gasteiger partial charge in [-0.1, -0.05) is 6.92 Å². The fraction of sp³-hybridized carbons (Fsp3) is 0.909. The maximum absolute atomic E-state index is 11.2. The van der Waals surface area contributed by atoms with Crippen molar-refractivity contribution in [1.82, 2.24) is 5.32 Å². The van der Waals surface area contributed by atoms with Crippen LogP contribution in [0.5, 0.6) is 0 Å². The third kappa shape index (κ3) is 8.54. The zero-order valence-electron chi connectivity index (χ0n) is 10.0. The quantitative estimate of drug-likeness (QED) is 0.555. The van der Waals surface area contributed by atoms with E-state index in [1.54, 1.807) is 6.92 Å². The minimum Gasteiger partial charge on any atom is -0.380 e. The summed E-state index contributed by atoms with van der Waals surface area (Å²) in [5, 5.41) is 3.00. The predicted octanol–water partition coefficient (Wildman–Crippen LogP) is 0.997. The number of likely N-dealkylation sites (N-methyl/N-ethyl adjacent to an activating group) is 1. The van der Waals surface area contributed by atoms with Crippen molar-refractivity contribution in [1.29, 1.82) is 0 Å². The molecule has 90 valence electrons. The van der Waals surface area contributed by atoms with E-state index in [1.807, 2.05) is 14.0 Å². The van der Waals surface area contributed by atoms with E-state index in [-0.39, 0.29) is 11.9 Å². The number of carbonyl (C=O) groups is 1. The maximum atomic E-state index is 11.2. The van der Waals surface area contributed by atoms with Crippen molar-refractivity contribution >= 4 is 5.78 Å². The van der Waals surface area contributed by atoms with Crippen LogP contribution in [-0.4, -0.2) is 45.3 Å². The summed E-state index contributed by atoms with van der Waals surface area (Å²) in [6.45, 7) is 6.52. The SMILES string of the molecule is CCC(=O)[C@@H](C)OCCCOCCNC. The van der Waals surface area contributed by atoms with Gasteiger partial charge in [0.25, 0.3) is 0 Å². The van der Waals surface area contributed by atoms with E-state index in [0.717, 1.165) is 19.6 Å². The Labute approximate surface area is 92.3 Å². The number of nitrogens with one attached hydrogen (secondary N) is 1. The van der Waals surface area contributed by atoms with E-state index in [1.165, 1.54) is 0 Å². The second-order valence-corrected chi connectivity index (χ2v) is 3.40. The molecule has 1 atom stereocenters. The van der Waals surface area contributed by atoms with E-state index in [0.29, 0.717) is 19.6 Å². The lowest BCUT2D eigenvalue weighted by atomic mass is 10.2. The second kappa shape index (κ2) is 10.1. The number of rotatable bonds is 10. The van der Waals surface area contributed by atoms with Crippen LogP contribution in [0, 0.1) is 0 Å². The molecule has 0 saturated carbocycles. The highest BCUT2D eigenvalue weighted by Gasteiger charge is 2.09. The first kappa shape index (κ1) is 14.6. The highest BCUT2D eigenvalue weighted by atomic mass is 16.5. The fourth-order valence-electron chi connectivity index (χ4n) is 1.08. The number of ketones is 1. The Morgan fingerprint density at radius 3 is 2.67 bits per heavy atom. The first-order valence-electron chi connectivity index (χ1n) is 5.59. The molecule has 0 aromatic rings. The van der Waals surface area contributed by atoms with Crippen LogP contribution in [-0.2, 0) is 14.3 Å². The molecule has 0 saturated heterocycles. The fourth-order valence-corrected chi connectivity index (χ4v) is 1.08.